The largest absolute Gasteiger partial charge is 0.490 e. The number of amides is 1. The fourth-order valence-electron chi connectivity index (χ4n) is 2.74. The van der Waals surface area contributed by atoms with E-state index in [0.29, 0.717) is 18.8 Å². The van der Waals surface area contributed by atoms with Crippen molar-refractivity contribution in [1.82, 2.24) is 5.32 Å². The second-order valence-corrected chi connectivity index (χ2v) is 5.70. The summed E-state index contributed by atoms with van der Waals surface area (Å²) in [5.41, 5.74) is 8.48. The minimum Gasteiger partial charge on any atom is -0.490 e. The number of rotatable bonds is 4. The van der Waals surface area contributed by atoms with Gasteiger partial charge in [0.1, 0.15) is 12.4 Å². The van der Waals surface area contributed by atoms with Crippen LogP contribution in [0.1, 0.15) is 18.5 Å². The molecule has 1 unspecified atom stereocenters. The highest BCUT2D eigenvalue weighted by Gasteiger charge is 2.21. The molecule has 1 aliphatic rings. The lowest BCUT2D eigenvalue weighted by Gasteiger charge is -2.31. The Kier molecular flexibility index (Phi) is 4.37. The van der Waals surface area contributed by atoms with Crippen LogP contribution < -0.4 is 20.7 Å². The minimum absolute atomic E-state index is 0.0170. The van der Waals surface area contributed by atoms with Crippen LogP contribution in [0.3, 0.4) is 0 Å². The fourth-order valence-corrected chi connectivity index (χ4v) is 2.74. The maximum Gasteiger partial charge on any atom is 0.239 e. The van der Waals surface area contributed by atoms with Crippen molar-refractivity contribution in [2.45, 2.75) is 13.0 Å². The van der Waals surface area contributed by atoms with Gasteiger partial charge in [0.15, 0.2) is 0 Å². The van der Waals surface area contributed by atoms with Gasteiger partial charge in [-0.3, -0.25) is 4.79 Å². The van der Waals surface area contributed by atoms with E-state index in [0.717, 1.165) is 17.0 Å². The van der Waals surface area contributed by atoms with Crippen LogP contribution >= 0.6 is 0 Å². The van der Waals surface area contributed by atoms with E-state index in [4.69, 9.17) is 10.5 Å². The molecule has 0 bridgehead atoms. The van der Waals surface area contributed by atoms with Crippen LogP contribution in [0, 0.1) is 0 Å². The standard InChI is InChI=1S/C18H21N3O2/c1-13(14-5-3-2-4-6-14)20-18(22)12-21-9-10-23-17-8-7-15(19)11-16(17)21/h2-8,11,13H,9-10,12,19H2,1H3,(H,20,22). The van der Waals surface area contributed by atoms with Crippen LogP contribution in [0.5, 0.6) is 5.75 Å². The highest BCUT2D eigenvalue weighted by molar-refractivity contribution is 5.83. The molecule has 0 fully saturated rings. The summed E-state index contributed by atoms with van der Waals surface area (Å²) in [5.74, 6) is 0.756. The summed E-state index contributed by atoms with van der Waals surface area (Å²) in [5, 5.41) is 3.04. The lowest BCUT2D eigenvalue weighted by Crippen LogP contribution is -2.42. The molecular formula is C18H21N3O2. The number of nitrogens with two attached hydrogens (primary N) is 1. The van der Waals surface area contributed by atoms with Crippen LogP contribution in [0.2, 0.25) is 0 Å². The van der Waals surface area contributed by atoms with E-state index in [1.54, 1.807) is 6.07 Å². The lowest BCUT2D eigenvalue weighted by atomic mass is 10.1. The zero-order valence-electron chi connectivity index (χ0n) is 13.2. The molecule has 5 nitrogen and oxygen atoms in total. The van der Waals surface area contributed by atoms with Gasteiger partial charge in [-0.1, -0.05) is 30.3 Å². The lowest BCUT2D eigenvalue weighted by molar-refractivity contribution is -0.120. The number of hydrogen-bond acceptors (Lipinski definition) is 4. The van der Waals surface area contributed by atoms with Gasteiger partial charge in [0.2, 0.25) is 5.91 Å². The van der Waals surface area contributed by atoms with Gasteiger partial charge < -0.3 is 20.7 Å². The normalized spacial score (nSPS) is 14.6. The summed E-state index contributed by atoms with van der Waals surface area (Å²) in [6.07, 6.45) is 0. The SMILES string of the molecule is CC(NC(=O)CN1CCOc2ccc(N)cc21)c1ccccc1. The van der Waals surface area contributed by atoms with Gasteiger partial charge >= 0.3 is 0 Å². The summed E-state index contributed by atoms with van der Waals surface area (Å²) < 4.78 is 5.61. The van der Waals surface area contributed by atoms with Crippen molar-refractivity contribution in [3.63, 3.8) is 0 Å². The van der Waals surface area contributed by atoms with Crippen molar-refractivity contribution in [3.8, 4) is 5.75 Å². The van der Waals surface area contributed by atoms with Crippen molar-refractivity contribution >= 4 is 17.3 Å². The molecule has 0 saturated carbocycles. The molecule has 0 aliphatic carbocycles. The number of nitrogen functional groups attached to an aromatic ring is 1. The zero-order chi connectivity index (χ0) is 16.2. The van der Waals surface area contributed by atoms with Gasteiger partial charge in [0.25, 0.3) is 0 Å². The van der Waals surface area contributed by atoms with Gasteiger partial charge in [0, 0.05) is 5.69 Å². The van der Waals surface area contributed by atoms with Crippen molar-refractivity contribution in [2.24, 2.45) is 0 Å². The van der Waals surface area contributed by atoms with Crippen LogP contribution in [0.15, 0.2) is 48.5 Å². The summed E-state index contributed by atoms with van der Waals surface area (Å²) in [6, 6.07) is 15.4. The first kappa shape index (κ1) is 15.2. The summed E-state index contributed by atoms with van der Waals surface area (Å²) in [4.78, 5) is 14.4. The zero-order valence-corrected chi connectivity index (χ0v) is 13.2. The third kappa shape index (κ3) is 3.56. The van der Waals surface area contributed by atoms with Gasteiger partial charge in [-0.25, -0.2) is 0 Å². The maximum absolute atomic E-state index is 12.4. The van der Waals surface area contributed by atoms with E-state index in [1.165, 1.54) is 0 Å². The predicted molar refractivity (Wildman–Crippen MR) is 91.6 cm³/mol. The molecule has 1 atom stereocenters. The van der Waals surface area contributed by atoms with Gasteiger partial charge in [-0.15, -0.1) is 0 Å². The summed E-state index contributed by atoms with van der Waals surface area (Å²) in [7, 11) is 0. The second kappa shape index (κ2) is 6.60. The predicted octanol–water partition coefficient (Wildman–Crippen LogP) is 2.34. The molecule has 1 aliphatic heterocycles. The Morgan fingerprint density at radius 3 is 2.87 bits per heavy atom. The number of fused-ring (bicyclic) bond motifs is 1. The summed E-state index contributed by atoms with van der Waals surface area (Å²) >= 11 is 0. The van der Waals surface area contributed by atoms with E-state index in [2.05, 4.69) is 5.32 Å². The Bertz CT molecular complexity index is 688. The minimum atomic E-state index is -0.0231. The summed E-state index contributed by atoms with van der Waals surface area (Å²) in [6.45, 7) is 3.51. The second-order valence-electron chi connectivity index (χ2n) is 5.70. The molecule has 3 rings (SSSR count). The van der Waals surface area contributed by atoms with Gasteiger partial charge in [-0.2, -0.15) is 0 Å². The molecule has 0 aromatic heterocycles. The van der Waals surface area contributed by atoms with E-state index in [9.17, 15) is 4.79 Å². The van der Waals surface area contributed by atoms with Gasteiger partial charge in [-0.05, 0) is 30.7 Å². The number of nitrogens with one attached hydrogen (secondary N) is 1. The Hall–Kier alpha value is -2.69. The van der Waals surface area contributed by atoms with Crippen LogP contribution in [-0.4, -0.2) is 25.6 Å². The molecule has 2 aromatic carbocycles. The number of carbonyl (C=O) groups excluding carboxylic acids is 1. The topological polar surface area (TPSA) is 67.6 Å². The quantitative estimate of drug-likeness (QED) is 0.851. The molecule has 1 heterocycles. The van der Waals surface area contributed by atoms with Crippen LogP contribution in [-0.2, 0) is 4.79 Å². The Balaban J connectivity index is 1.66. The fraction of sp³-hybridized carbons (Fsp3) is 0.278. The first-order valence-corrected chi connectivity index (χ1v) is 7.75. The first-order valence-electron chi connectivity index (χ1n) is 7.75. The number of benzene rings is 2. The number of carbonyl (C=O) groups is 1. The highest BCUT2D eigenvalue weighted by Crippen LogP contribution is 2.33. The molecule has 120 valence electrons. The Morgan fingerprint density at radius 1 is 1.30 bits per heavy atom. The Labute approximate surface area is 136 Å². The van der Waals surface area contributed by atoms with Crippen molar-refractivity contribution in [1.29, 1.82) is 0 Å². The van der Waals surface area contributed by atoms with Crippen LogP contribution in [0.4, 0.5) is 11.4 Å². The molecule has 2 aromatic rings. The number of anilines is 2. The molecule has 1 amide bonds. The third-order valence-corrected chi connectivity index (χ3v) is 3.95. The number of hydrogen-bond donors (Lipinski definition) is 2. The molecule has 0 saturated heterocycles. The number of ether oxygens (including phenoxy) is 1. The van der Waals surface area contributed by atoms with Crippen LogP contribution in [0.25, 0.3) is 0 Å². The molecular weight excluding hydrogens is 290 g/mol. The highest BCUT2D eigenvalue weighted by atomic mass is 16.5. The smallest absolute Gasteiger partial charge is 0.239 e. The maximum atomic E-state index is 12.4. The molecule has 0 spiro atoms. The van der Waals surface area contributed by atoms with E-state index in [1.807, 2.05) is 54.3 Å². The van der Waals surface area contributed by atoms with E-state index < -0.39 is 0 Å². The first-order chi connectivity index (χ1) is 11.1. The monoisotopic (exact) mass is 311 g/mol. The van der Waals surface area contributed by atoms with Gasteiger partial charge in [0.05, 0.1) is 24.8 Å². The average Bonchev–Trinajstić information content (AvgIpc) is 2.56. The van der Waals surface area contributed by atoms with Crippen molar-refractivity contribution < 1.29 is 9.53 Å². The molecule has 5 heteroatoms. The molecule has 0 radical (unpaired) electrons. The van der Waals surface area contributed by atoms with E-state index in [-0.39, 0.29) is 18.5 Å². The Morgan fingerprint density at radius 2 is 2.09 bits per heavy atom. The van der Waals surface area contributed by atoms with Crippen molar-refractivity contribution in [2.75, 3.05) is 30.3 Å². The third-order valence-electron chi connectivity index (χ3n) is 3.95. The van der Waals surface area contributed by atoms with Crippen molar-refractivity contribution in [3.05, 3.63) is 54.1 Å². The molecule has 3 N–H and O–H groups in total. The number of nitrogens with zero attached hydrogens (tertiary/aromatic N) is 1. The average molecular weight is 311 g/mol. The van der Waals surface area contributed by atoms with E-state index >= 15 is 0 Å². The molecule has 23 heavy (non-hydrogen) atoms.